The van der Waals surface area contributed by atoms with Gasteiger partial charge in [0.05, 0.1) is 0 Å². The highest BCUT2D eigenvalue weighted by Crippen LogP contribution is 2.28. The molecule has 1 amide bonds. The van der Waals surface area contributed by atoms with E-state index in [1.165, 1.54) is 16.3 Å². The van der Waals surface area contributed by atoms with Crippen molar-refractivity contribution < 1.29 is 4.79 Å². The largest absolute Gasteiger partial charge is 0.338 e. The van der Waals surface area contributed by atoms with Crippen molar-refractivity contribution in [2.24, 2.45) is 0 Å². The molecule has 0 bridgehead atoms. The number of carbonyl (C=O) groups excluding carboxylic acids is 1. The molecule has 5 rings (SSSR count). The highest BCUT2D eigenvalue weighted by Gasteiger charge is 2.35. The van der Waals surface area contributed by atoms with Crippen LogP contribution in [0.5, 0.6) is 0 Å². The summed E-state index contributed by atoms with van der Waals surface area (Å²) >= 11 is 1.63. The molecule has 3 heterocycles. The average molecular weight is 407 g/mol. The van der Waals surface area contributed by atoms with Gasteiger partial charge < -0.3 is 9.80 Å². The van der Waals surface area contributed by atoms with Gasteiger partial charge in [0.1, 0.15) is 6.04 Å². The van der Waals surface area contributed by atoms with E-state index in [0.717, 1.165) is 57.2 Å². The Balaban J connectivity index is 1.22. The van der Waals surface area contributed by atoms with Gasteiger partial charge in [-0.25, -0.2) is 4.98 Å². The van der Waals surface area contributed by atoms with Gasteiger partial charge in [-0.2, -0.15) is 0 Å². The van der Waals surface area contributed by atoms with Gasteiger partial charge in [-0.1, -0.05) is 42.5 Å². The third-order valence-corrected chi connectivity index (χ3v) is 6.97. The molecule has 0 saturated carbocycles. The Morgan fingerprint density at radius 2 is 1.86 bits per heavy atom. The van der Waals surface area contributed by atoms with Gasteiger partial charge in [-0.3, -0.25) is 9.69 Å². The summed E-state index contributed by atoms with van der Waals surface area (Å²) in [6.45, 7) is 5.36. The van der Waals surface area contributed by atoms with E-state index in [1.54, 1.807) is 11.3 Å². The van der Waals surface area contributed by atoms with Gasteiger partial charge in [0, 0.05) is 50.8 Å². The summed E-state index contributed by atoms with van der Waals surface area (Å²) in [5, 5.41) is 5.60. The van der Waals surface area contributed by atoms with Gasteiger partial charge in [-0.05, 0) is 29.2 Å². The molecule has 1 aromatic heterocycles. The van der Waals surface area contributed by atoms with Crippen LogP contribution in [0.2, 0.25) is 0 Å². The number of benzene rings is 2. The summed E-state index contributed by atoms with van der Waals surface area (Å²) in [6, 6.07) is 15.1. The van der Waals surface area contributed by atoms with Gasteiger partial charge in [-0.15, -0.1) is 11.3 Å². The lowest BCUT2D eigenvalue weighted by Gasteiger charge is -2.37. The lowest BCUT2D eigenvalue weighted by atomic mass is 10.0. The summed E-state index contributed by atoms with van der Waals surface area (Å²) in [5.41, 5.74) is 1.37. The van der Waals surface area contributed by atoms with Crippen molar-refractivity contribution in [2.45, 2.75) is 25.4 Å². The zero-order valence-electron chi connectivity index (χ0n) is 16.5. The van der Waals surface area contributed by atoms with Crippen LogP contribution in [0.25, 0.3) is 10.8 Å². The van der Waals surface area contributed by atoms with Crippen molar-refractivity contribution in [1.29, 1.82) is 0 Å². The van der Waals surface area contributed by atoms with Crippen LogP contribution in [0, 0.1) is 0 Å². The molecule has 6 heteroatoms. The van der Waals surface area contributed by atoms with Crippen LogP contribution in [0.3, 0.4) is 0 Å². The molecule has 0 radical (unpaired) electrons. The Morgan fingerprint density at radius 3 is 2.69 bits per heavy atom. The summed E-state index contributed by atoms with van der Waals surface area (Å²) in [7, 11) is 0. The minimum Gasteiger partial charge on any atom is -0.338 e. The van der Waals surface area contributed by atoms with Crippen molar-refractivity contribution in [1.82, 2.24) is 14.8 Å². The number of aromatic nitrogens is 1. The third-order valence-electron chi connectivity index (χ3n) is 6.16. The lowest BCUT2D eigenvalue weighted by molar-refractivity contribution is -0.134. The van der Waals surface area contributed by atoms with Crippen LogP contribution in [0.4, 0.5) is 5.13 Å². The SMILES string of the molecule is O=C(C1CCCN1c1nccs1)N1CCN(Cc2cccc3ccccc23)CC1. The van der Waals surface area contributed by atoms with Crippen LogP contribution in [-0.2, 0) is 11.3 Å². The van der Waals surface area contributed by atoms with Gasteiger partial charge >= 0.3 is 0 Å². The molecule has 29 heavy (non-hydrogen) atoms. The van der Waals surface area contributed by atoms with Gasteiger partial charge in [0.25, 0.3) is 0 Å². The summed E-state index contributed by atoms with van der Waals surface area (Å²) in [5.74, 6) is 0.280. The topological polar surface area (TPSA) is 39.7 Å². The summed E-state index contributed by atoms with van der Waals surface area (Å²) in [6.07, 6.45) is 3.83. The van der Waals surface area contributed by atoms with Gasteiger partial charge in [0.15, 0.2) is 5.13 Å². The maximum absolute atomic E-state index is 13.2. The molecule has 2 aliphatic rings. The van der Waals surface area contributed by atoms with Crippen molar-refractivity contribution in [3.8, 4) is 0 Å². The first kappa shape index (κ1) is 18.6. The Morgan fingerprint density at radius 1 is 1.03 bits per heavy atom. The molecule has 1 unspecified atom stereocenters. The first-order valence-corrected chi connectivity index (χ1v) is 11.3. The molecule has 2 aliphatic heterocycles. The molecule has 0 spiro atoms. The van der Waals surface area contributed by atoms with E-state index >= 15 is 0 Å². The number of carbonyl (C=O) groups is 1. The molecule has 1 atom stereocenters. The Labute approximate surface area is 175 Å². The van der Waals surface area contributed by atoms with Crippen LogP contribution in [-0.4, -0.2) is 59.5 Å². The summed E-state index contributed by atoms with van der Waals surface area (Å²) in [4.78, 5) is 24.4. The average Bonchev–Trinajstić information content (AvgIpc) is 3.46. The first-order chi connectivity index (χ1) is 14.3. The van der Waals surface area contributed by atoms with Gasteiger partial charge in [0.2, 0.25) is 5.91 Å². The van der Waals surface area contributed by atoms with Crippen LogP contribution in [0.15, 0.2) is 54.0 Å². The molecule has 5 nitrogen and oxygen atoms in total. The second-order valence-electron chi connectivity index (χ2n) is 7.91. The fourth-order valence-corrected chi connectivity index (χ4v) is 5.34. The van der Waals surface area contributed by atoms with Crippen molar-refractivity contribution in [3.63, 3.8) is 0 Å². The molecule has 2 aromatic carbocycles. The monoisotopic (exact) mass is 406 g/mol. The third kappa shape index (κ3) is 3.74. The first-order valence-electron chi connectivity index (χ1n) is 10.4. The lowest BCUT2D eigenvalue weighted by Crippen LogP contribution is -2.53. The zero-order chi connectivity index (χ0) is 19.6. The van der Waals surface area contributed by atoms with E-state index in [0.29, 0.717) is 0 Å². The molecule has 0 N–H and O–H groups in total. The minimum absolute atomic E-state index is 0.0363. The Kier molecular flexibility index (Phi) is 5.21. The predicted molar refractivity (Wildman–Crippen MR) is 118 cm³/mol. The number of hydrogen-bond acceptors (Lipinski definition) is 5. The second kappa shape index (κ2) is 8.13. The molecular weight excluding hydrogens is 380 g/mol. The van der Waals surface area contributed by atoms with E-state index in [4.69, 9.17) is 0 Å². The normalized spacial score (nSPS) is 20.5. The van der Waals surface area contributed by atoms with E-state index in [1.807, 2.05) is 11.6 Å². The minimum atomic E-state index is -0.0363. The number of hydrogen-bond donors (Lipinski definition) is 0. The number of rotatable bonds is 4. The number of piperazine rings is 1. The van der Waals surface area contributed by atoms with E-state index in [2.05, 4.69) is 62.1 Å². The molecule has 0 aliphatic carbocycles. The highest BCUT2D eigenvalue weighted by molar-refractivity contribution is 7.13. The fourth-order valence-electron chi connectivity index (χ4n) is 4.62. The summed E-state index contributed by atoms with van der Waals surface area (Å²) < 4.78 is 0. The van der Waals surface area contributed by atoms with Crippen LogP contribution in [0.1, 0.15) is 18.4 Å². The zero-order valence-corrected chi connectivity index (χ0v) is 17.4. The van der Waals surface area contributed by atoms with Crippen molar-refractivity contribution in [3.05, 3.63) is 59.6 Å². The Hall–Kier alpha value is -2.44. The number of anilines is 1. The quantitative estimate of drug-likeness (QED) is 0.664. The number of fused-ring (bicyclic) bond motifs is 1. The molecule has 3 aromatic rings. The maximum Gasteiger partial charge on any atom is 0.245 e. The molecule has 2 saturated heterocycles. The fraction of sp³-hybridized carbons (Fsp3) is 0.391. The van der Waals surface area contributed by atoms with E-state index in [-0.39, 0.29) is 11.9 Å². The molecule has 2 fully saturated rings. The number of amides is 1. The van der Waals surface area contributed by atoms with E-state index in [9.17, 15) is 4.79 Å². The van der Waals surface area contributed by atoms with E-state index < -0.39 is 0 Å². The predicted octanol–water partition coefficient (Wildman–Crippen LogP) is 3.61. The Bertz CT molecular complexity index is 976. The highest BCUT2D eigenvalue weighted by atomic mass is 32.1. The number of nitrogens with zero attached hydrogens (tertiary/aromatic N) is 4. The molecule has 150 valence electrons. The van der Waals surface area contributed by atoms with Crippen LogP contribution < -0.4 is 4.90 Å². The maximum atomic E-state index is 13.2. The number of thiazole rings is 1. The van der Waals surface area contributed by atoms with Crippen molar-refractivity contribution >= 4 is 33.1 Å². The second-order valence-corrected chi connectivity index (χ2v) is 8.78. The smallest absolute Gasteiger partial charge is 0.245 e. The molecular formula is C23H26N4OS. The van der Waals surface area contributed by atoms with Crippen LogP contribution >= 0.6 is 11.3 Å². The standard InChI is InChI=1S/C23H26N4OS/c28-22(21-9-4-11-27(21)23-24-10-16-29-23)26-14-12-25(13-15-26)17-19-7-3-6-18-5-1-2-8-20(18)19/h1-3,5-8,10,16,21H,4,9,11-15,17H2. The van der Waals surface area contributed by atoms with Crippen molar-refractivity contribution in [2.75, 3.05) is 37.6 Å².